The zero-order chi connectivity index (χ0) is 11.1. The van der Waals surface area contributed by atoms with Gasteiger partial charge in [-0.1, -0.05) is 34.1 Å². The number of nitrogens with two attached hydrogens (primary N) is 1. The van der Waals surface area contributed by atoms with E-state index in [4.69, 9.17) is 5.73 Å². The van der Waals surface area contributed by atoms with E-state index in [-0.39, 0.29) is 0 Å². The fraction of sp³-hybridized carbons (Fsp3) is 0. The molecule has 0 aliphatic rings. The van der Waals surface area contributed by atoms with E-state index in [9.17, 15) is 0 Å². The van der Waals surface area contributed by atoms with Gasteiger partial charge < -0.3 is 5.73 Å². The number of aromatic nitrogens is 1. The van der Waals surface area contributed by atoms with Gasteiger partial charge in [0.1, 0.15) is 0 Å². The van der Waals surface area contributed by atoms with E-state index in [2.05, 4.69) is 20.9 Å². The fourth-order valence-corrected chi connectivity index (χ4v) is 2.26. The molecule has 3 rings (SSSR count). The van der Waals surface area contributed by atoms with Gasteiger partial charge in [0.05, 0.1) is 16.7 Å². The molecule has 2 aromatic carbocycles. The number of anilines is 1. The van der Waals surface area contributed by atoms with E-state index in [1.807, 2.05) is 42.5 Å². The first kappa shape index (κ1) is 9.60. The van der Waals surface area contributed by atoms with Crippen molar-refractivity contribution in [3.8, 4) is 0 Å². The van der Waals surface area contributed by atoms with Crippen molar-refractivity contribution in [2.24, 2.45) is 0 Å². The third-order valence-electron chi connectivity index (χ3n) is 2.68. The Kier molecular flexibility index (Phi) is 2.07. The number of nitrogens with zero attached hydrogens (tertiary/aromatic N) is 1. The number of fused-ring (bicyclic) bond motifs is 2. The van der Waals surface area contributed by atoms with Gasteiger partial charge >= 0.3 is 0 Å². The molecule has 0 spiro atoms. The summed E-state index contributed by atoms with van der Waals surface area (Å²) in [6.45, 7) is 0. The molecule has 0 radical (unpaired) electrons. The molecule has 0 saturated heterocycles. The maximum atomic E-state index is 6.16. The molecule has 0 atom stereocenters. The highest BCUT2D eigenvalue weighted by Gasteiger charge is 2.05. The SMILES string of the molecule is Nc1c2ccccc2nc2ccc(Br)cc12. The third-order valence-corrected chi connectivity index (χ3v) is 3.18. The zero-order valence-corrected chi connectivity index (χ0v) is 10.0. The van der Waals surface area contributed by atoms with Crippen LogP contribution in [0.4, 0.5) is 5.69 Å². The average molecular weight is 273 g/mol. The summed E-state index contributed by atoms with van der Waals surface area (Å²) in [6, 6.07) is 13.9. The van der Waals surface area contributed by atoms with Crippen LogP contribution in [0.25, 0.3) is 21.8 Å². The first-order chi connectivity index (χ1) is 7.75. The third kappa shape index (κ3) is 1.36. The maximum Gasteiger partial charge on any atom is 0.0731 e. The molecule has 78 valence electrons. The highest BCUT2D eigenvalue weighted by Crippen LogP contribution is 2.29. The summed E-state index contributed by atoms with van der Waals surface area (Å²) in [7, 11) is 0. The van der Waals surface area contributed by atoms with E-state index < -0.39 is 0 Å². The molecular weight excluding hydrogens is 264 g/mol. The van der Waals surface area contributed by atoms with Crippen LogP contribution in [-0.2, 0) is 0 Å². The molecule has 16 heavy (non-hydrogen) atoms. The van der Waals surface area contributed by atoms with Gasteiger partial charge in [0.25, 0.3) is 0 Å². The smallest absolute Gasteiger partial charge is 0.0731 e. The minimum Gasteiger partial charge on any atom is -0.398 e. The van der Waals surface area contributed by atoms with Crippen LogP contribution >= 0.6 is 15.9 Å². The highest BCUT2D eigenvalue weighted by atomic mass is 79.9. The van der Waals surface area contributed by atoms with Crippen LogP contribution in [-0.4, -0.2) is 4.98 Å². The lowest BCUT2D eigenvalue weighted by molar-refractivity contribution is 1.49. The second kappa shape index (κ2) is 3.46. The molecule has 2 nitrogen and oxygen atoms in total. The van der Waals surface area contributed by atoms with Crippen molar-refractivity contribution in [2.75, 3.05) is 5.73 Å². The van der Waals surface area contributed by atoms with Crippen LogP contribution in [0.3, 0.4) is 0 Å². The van der Waals surface area contributed by atoms with Crippen LogP contribution in [0.2, 0.25) is 0 Å². The van der Waals surface area contributed by atoms with Crippen LogP contribution in [0, 0.1) is 0 Å². The monoisotopic (exact) mass is 272 g/mol. The van der Waals surface area contributed by atoms with Gasteiger partial charge in [0.2, 0.25) is 0 Å². The molecule has 0 unspecified atom stereocenters. The molecule has 0 amide bonds. The molecule has 2 N–H and O–H groups in total. The van der Waals surface area contributed by atoms with Crippen LogP contribution in [0.1, 0.15) is 0 Å². The Morgan fingerprint density at radius 3 is 2.56 bits per heavy atom. The van der Waals surface area contributed by atoms with Gasteiger partial charge in [0, 0.05) is 15.2 Å². The zero-order valence-electron chi connectivity index (χ0n) is 8.44. The number of pyridine rings is 1. The summed E-state index contributed by atoms with van der Waals surface area (Å²) in [5.74, 6) is 0. The molecule has 3 aromatic rings. The Bertz CT molecular complexity index is 692. The van der Waals surface area contributed by atoms with Gasteiger partial charge in [-0.15, -0.1) is 0 Å². The number of nitrogen functional groups attached to an aromatic ring is 1. The Morgan fingerprint density at radius 1 is 0.938 bits per heavy atom. The van der Waals surface area contributed by atoms with Gasteiger partial charge in [-0.25, -0.2) is 4.98 Å². The predicted molar refractivity (Wildman–Crippen MR) is 71.4 cm³/mol. The van der Waals surface area contributed by atoms with Crippen LogP contribution in [0.15, 0.2) is 46.9 Å². The normalized spacial score (nSPS) is 11.1. The lowest BCUT2D eigenvalue weighted by Crippen LogP contribution is -1.92. The minimum absolute atomic E-state index is 0.793. The van der Waals surface area contributed by atoms with E-state index in [0.29, 0.717) is 0 Å². The molecule has 0 bridgehead atoms. The summed E-state index contributed by atoms with van der Waals surface area (Å²) in [5, 5.41) is 2.00. The Balaban J connectivity index is 2.56. The second-order valence-corrected chi connectivity index (χ2v) is 4.62. The Hall–Kier alpha value is -1.61. The van der Waals surface area contributed by atoms with Gasteiger partial charge in [-0.05, 0) is 24.3 Å². The molecule has 3 heteroatoms. The topological polar surface area (TPSA) is 38.9 Å². The Labute approximate surface area is 101 Å². The van der Waals surface area contributed by atoms with Crippen molar-refractivity contribution in [2.45, 2.75) is 0 Å². The molecule has 0 fully saturated rings. The molecule has 1 aromatic heterocycles. The predicted octanol–water partition coefficient (Wildman–Crippen LogP) is 3.73. The van der Waals surface area contributed by atoms with Crippen LogP contribution < -0.4 is 5.73 Å². The second-order valence-electron chi connectivity index (χ2n) is 3.70. The number of hydrogen-bond acceptors (Lipinski definition) is 2. The van der Waals surface area contributed by atoms with Crippen molar-refractivity contribution in [1.29, 1.82) is 0 Å². The average Bonchev–Trinajstić information content (AvgIpc) is 2.31. The number of hydrogen-bond donors (Lipinski definition) is 1. The standard InChI is InChI=1S/C13H9BrN2/c14-8-5-6-12-10(7-8)13(15)9-3-1-2-4-11(9)16-12/h1-7H,(H2,15,16). The molecule has 1 heterocycles. The van der Waals surface area contributed by atoms with E-state index in [0.717, 1.165) is 32.0 Å². The number of rotatable bonds is 0. The summed E-state index contributed by atoms with van der Waals surface area (Å²) >= 11 is 3.45. The molecule has 0 aliphatic heterocycles. The Morgan fingerprint density at radius 2 is 1.69 bits per heavy atom. The number of halogens is 1. The minimum atomic E-state index is 0.793. The summed E-state index contributed by atoms with van der Waals surface area (Å²) in [6.07, 6.45) is 0. The largest absolute Gasteiger partial charge is 0.398 e. The van der Waals surface area contributed by atoms with Crippen LogP contribution in [0.5, 0.6) is 0 Å². The lowest BCUT2D eigenvalue weighted by atomic mass is 10.1. The van der Waals surface area contributed by atoms with E-state index >= 15 is 0 Å². The van der Waals surface area contributed by atoms with Gasteiger partial charge in [-0.3, -0.25) is 0 Å². The summed E-state index contributed by atoms with van der Waals surface area (Å²) in [4.78, 5) is 4.58. The lowest BCUT2D eigenvalue weighted by Gasteiger charge is -2.06. The van der Waals surface area contributed by atoms with Gasteiger partial charge in [0.15, 0.2) is 0 Å². The molecule has 0 aliphatic carbocycles. The quantitative estimate of drug-likeness (QED) is 0.634. The van der Waals surface area contributed by atoms with Crippen molar-refractivity contribution >= 4 is 43.4 Å². The first-order valence-electron chi connectivity index (χ1n) is 4.99. The highest BCUT2D eigenvalue weighted by molar-refractivity contribution is 9.10. The van der Waals surface area contributed by atoms with Crippen molar-refractivity contribution in [3.63, 3.8) is 0 Å². The molecular formula is C13H9BrN2. The summed E-state index contributed by atoms with van der Waals surface area (Å²) < 4.78 is 1.02. The number of benzene rings is 2. The van der Waals surface area contributed by atoms with Crippen molar-refractivity contribution < 1.29 is 0 Å². The molecule has 0 saturated carbocycles. The number of para-hydroxylation sites is 1. The van der Waals surface area contributed by atoms with Crippen molar-refractivity contribution in [1.82, 2.24) is 4.98 Å². The van der Waals surface area contributed by atoms with Gasteiger partial charge in [-0.2, -0.15) is 0 Å². The fourth-order valence-electron chi connectivity index (χ4n) is 1.90. The summed E-state index contributed by atoms with van der Waals surface area (Å²) in [5.41, 5.74) is 8.83. The first-order valence-corrected chi connectivity index (χ1v) is 5.78. The van der Waals surface area contributed by atoms with Crippen molar-refractivity contribution in [3.05, 3.63) is 46.9 Å². The maximum absolute atomic E-state index is 6.16. The van der Waals surface area contributed by atoms with E-state index in [1.54, 1.807) is 0 Å². The van der Waals surface area contributed by atoms with E-state index in [1.165, 1.54) is 0 Å².